The van der Waals surface area contributed by atoms with Crippen LogP contribution in [-0.2, 0) is 15.4 Å². The third-order valence-corrected chi connectivity index (χ3v) is 6.31. The highest BCUT2D eigenvalue weighted by molar-refractivity contribution is 7.92. The lowest BCUT2D eigenvalue weighted by Crippen LogP contribution is -2.46. The monoisotopic (exact) mass is 344 g/mol. The van der Waals surface area contributed by atoms with Crippen molar-refractivity contribution >= 4 is 21.5 Å². The van der Waals surface area contributed by atoms with Gasteiger partial charge in [-0.25, -0.2) is 13.4 Å². The zero-order chi connectivity index (χ0) is 16.8. The van der Waals surface area contributed by atoms with Crippen LogP contribution in [0, 0.1) is 0 Å². The fourth-order valence-corrected chi connectivity index (χ4v) is 4.92. The summed E-state index contributed by atoms with van der Waals surface area (Å²) in [6, 6.07) is 7.91. The predicted molar refractivity (Wildman–Crippen MR) is 93.8 cm³/mol. The van der Waals surface area contributed by atoms with Gasteiger partial charge in [0.15, 0.2) is 0 Å². The van der Waals surface area contributed by atoms with Crippen LogP contribution in [0.1, 0.15) is 18.4 Å². The molecule has 2 aliphatic heterocycles. The predicted octanol–water partition coefficient (Wildman–Crippen LogP) is 1.79. The number of sulfonamides is 1. The van der Waals surface area contributed by atoms with Crippen LogP contribution in [-0.4, -0.2) is 44.3 Å². The average molecular weight is 344 g/mol. The van der Waals surface area contributed by atoms with Crippen LogP contribution >= 0.6 is 0 Å². The topological polar surface area (TPSA) is 66.4 Å². The van der Waals surface area contributed by atoms with E-state index in [0.717, 1.165) is 43.0 Å². The van der Waals surface area contributed by atoms with Gasteiger partial charge in [-0.05, 0) is 24.5 Å². The summed E-state index contributed by atoms with van der Waals surface area (Å²) in [5, 5.41) is 0. The highest BCUT2D eigenvalue weighted by Gasteiger charge is 2.46. The zero-order valence-corrected chi connectivity index (χ0v) is 14.4. The second kappa shape index (κ2) is 5.44. The number of hydrogen-bond acceptors (Lipinski definition) is 5. The van der Waals surface area contributed by atoms with Crippen LogP contribution in [0.15, 0.2) is 42.9 Å². The van der Waals surface area contributed by atoms with Crippen LogP contribution in [0.3, 0.4) is 0 Å². The molecule has 3 heterocycles. The van der Waals surface area contributed by atoms with Crippen LogP contribution in [0.5, 0.6) is 0 Å². The molecule has 7 heteroatoms. The molecule has 1 aromatic heterocycles. The number of aromatic nitrogens is 2. The third-order valence-electron chi connectivity index (χ3n) is 5.18. The maximum atomic E-state index is 12.2. The van der Waals surface area contributed by atoms with E-state index in [1.54, 1.807) is 22.9 Å². The van der Waals surface area contributed by atoms with E-state index in [1.807, 2.05) is 18.2 Å². The van der Waals surface area contributed by atoms with Crippen molar-refractivity contribution in [3.63, 3.8) is 0 Å². The van der Waals surface area contributed by atoms with Crippen molar-refractivity contribution in [3.05, 3.63) is 48.4 Å². The van der Waals surface area contributed by atoms with E-state index < -0.39 is 10.0 Å². The maximum Gasteiger partial charge on any atom is 0.232 e. The Bertz CT molecular complexity index is 846. The molecule has 0 aliphatic carbocycles. The molecular formula is C17H20N4O2S. The number of para-hydroxylation sites is 1. The van der Waals surface area contributed by atoms with Crippen molar-refractivity contribution in [2.75, 3.05) is 35.1 Å². The van der Waals surface area contributed by atoms with Gasteiger partial charge in [0.25, 0.3) is 0 Å². The second-order valence-electron chi connectivity index (χ2n) is 6.62. The van der Waals surface area contributed by atoms with Gasteiger partial charge in [-0.2, -0.15) is 0 Å². The first-order valence-corrected chi connectivity index (χ1v) is 9.93. The first-order chi connectivity index (χ1) is 11.5. The summed E-state index contributed by atoms with van der Waals surface area (Å²) in [4.78, 5) is 10.7. The first kappa shape index (κ1) is 15.4. The highest BCUT2D eigenvalue weighted by atomic mass is 32.2. The number of hydrogen-bond donors (Lipinski definition) is 0. The summed E-state index contributed by atoms with van der Waals surface area (Å²) in [6.45, 7) is 2.24. The minimum absolute atomic E-state index is 0.0988. The van der Waals surface area contributed by atoms with Gasteiger partial charge in [0.1, 0.15) is 5.82 Å². The Hall–Kier alpha value is -2.15. The number of rotatable bonds is 2. The molecule has 0 atom stereocenters. The SMILES string of the molecule is CS(=O)(=O)N1CC2(CCN(c3cnccn3)CC2)c2ccccc21. The molecule has 0 unspecified atom stereocenters. The number of nitrogens with zero attached hydrogens (tertiary/aromatic N) is 4. The molecule has 126 valence electrons. The molecule has 4 rings (SSSR count). The lowest BCUT2D eigenvalue weighted by molar-refractivity contribution is 0.355. The molecule has 1 aromatic carbocycles. The van der Waals surface area contributed by atoms with E-state index >= 15 is 0 Å². The van der Waals surface area contributed by atoms with Crippen molar-refractivity contribution < 1.29 is 8.42 Å². The average Bonchev–Trinajstić information content (AvgIpc) is 2.92. The fraction of sp³-hybridized carbons (Fsp3) is 0.412. The molecule has 0 amide bonds. The Morgan fingerprint density at radius 2 is 1.88 bits per heavy atom. The van der Waals surface area contributed by atoms with Crippen LogP contribution in [0.2, 0.25) is 0 Å². The molecule has 0 bridgehead atoms. The van der Waals surface area contributed by atoms with Gasteiger partial charge in [-0.1, -0.05) is 18.2 Å². The molecule has 1 saturated heterocycles. The van der Waals surface area contributed by atoms with E-state index in [0.29, 0.717) is 6.54 Å². The molecule has 0 radical (unpaired) electrons. The Balaban J connectivity index is 1.64. The van der Waals surface area contributed by atoms with Gasteiger partial charge in [0.05, 0.1) is 18.1 Å². The summed E-state index contributed by atoms with van der Waals surface area (Å²) < 4.78 is 26.0. The Morgan fingerprint density at radius 3 is 2.54 bits per heavy atom. The van der Waals surface area contributed by atoms with E-state index in [2.05, 4.69) is 20.9 Å². The maximum absolute atomic E-state index is 12.2. The number of fused-ring (bicyclic) bond motifs is 2. The minimum atomic E-state index is -3.26. The molecule has 0 N–H and O–H groups in total. The Labute approximate surface area is 142 Å². The molecule has 24 heavy (non-hydrogen) atoms. The summed E-state index contributed by atoms with van der Waals surface area (Å²) in [7, 11) is -3.26. The third kappa shape index (κ3) is 2.43. The normalized spacial score (nSPS) is 19.5. The number of anilines is 2. The van der Waals surface area contributed by atoms with Crippen LogP contribution < -0.4 is 9.21 Å². The molecule has 2 aromatic rings. The van der Waals surface area contributed by atoms with E-state index in [9.17, 15) is 8.42 Å². The minimum Gasteiger partial charge on any atom is -0.355 e. The molecule has 6 nitrogen and oxygen atoms in total. The molecular weight excluding hydrogens is 324 g/mol. The highest BCUT2D eigenvalue weighted by Crippen LogP contribution is 2.47. The van der Waals surface area contributed by atoms with Gasteiger partial charge in [0, 0.05) is 37.4 Å². The van der Waals surface area contributed by atoms with Crippen molar-refractivity contribution in [1.82, 2.24) is 9.97 Å². The van der Waals surface area contributed by atoms with E-state index in [4.69, 9.17) is 0 Å². The fourth-order valence-electron chi connectivity index (χ4n) is 3.93. The van der Waals surface area contributed by atoms with Gasteiger partial charge in [0.2, 0.25) is 10.0 Å². The molecule has 1 fully saturated rings. The first-order valence-electron chi connectivity index (χ1n) is 8.08. The summed E-state index contributed by atoms with van der Waals surface area (Å²) in [5.41, 5.74) is 1.90. The standard InChI is InChI=1S/C17H20N4O2S/c1-24(22,23)21-13-17(14-4-2-3-5-15(14)21)6-10-20(11-7-17)16-12-18-8-9-19-16/h2-5,8-9,12H,6-7,10-11,13H2,1H3. The van der Waals surface area contributed by atoms with Crippen molar-refractivity contribution in [2.24, 2.45) is 0 Å². The molecule has 1 spiro atoms. The summed E-state index contributed by atoms with van der Waals surface area (Å²) >= 11 is 0. The van der Waals surface area contributed by atoms with Gasteiger partial charge in [-0.15, -0.1) is 0 Å². The number of piperidine rings is 1. The van der Waals surface area contributed by atoms with Gasteiger partial charge < -0.3 is 4.90 Å². The lowest BCUT2D eigenvalue weighted by atomic mass is 9.74. The molecule has 0 saturated carbocycles. The van der Waals surface area contributed by atoms with Gasteiger partial charge in [-0.3, -0.25) is 9.29 Å². The number of benzene rings is 1. The van der Waals surface area contributed by atoms with E-state index in [1.165, 1.54) is 6.26 Å². The van der Waals surface area contributed by atoms with Crippen LogP contribution in [0.25, 0.3) is 0 Å². The quantitative estimate of drug-likeness (QED) is 0.831. The smallest absolute Gasteiger partial charge is 0.232 e. The van der Waals surface area contributed by atoms with E-state index in [-0.39, 0.29) is 5.41 Å². The largest absolute Gasteiger partial charge is 0.355 e. The zero-order valence-electron chi connectivity index (χ0n) is 13.6. The second-order valence-corrected chi connectivity index (χ2v) is 8.52. The van der Waals surface area contributed by atoms with Crippen molar-refractivity contribution in [2.45, 2.75) is 18.3 Å². The molecule has 2 aliphatic rings. The Morgan fingerprint density at radius 1 is 1.12 bits per heavy atom. The van der Waals surface area contributed by atoms with Gasteiger partial charge >= 0.3 is 0 Å². The lowest BCUT2D eigenvalue weighted by Gasteiger charge is -2.40. The van der Waals surface area contributed by atoms with Crippen LogP contribution in [0.4, 0.5) is 11.5 Å². The van der Waals surface area contributed by atoms with Crippen molar-refractivity contribution in [1.29, 1.82) is 0 Å². The Kier molecular flexibility index (Phi) is 3.49. The summed E-state index contributed by atoms with van der Waals surface area (Å²) in [6.07, 6.45) is 8.27. The van der Waals surface area contributed by atoms with Crippen molar-refractivity contribution in [3.8, 4) is 0 Å². The summed E-state index contributed by atoms with van der Waals surface area (Å²) in [5.74, 6) is 0.888.